The van der Waals surface area contributed by atoms with Crippen LogP contribution in [-0.4, -0.2) is 65.9 Å². The van der Waals surface area contributed by atoms with Crippen LogP contribution in [0, 0.1) is 5.92 Å². The van der Waals surface area contributed by atoms with Crippen LogP contribution in [-0.2, 0) is 22.4 Å². The van der Waals surface area contributed by atoms with E-state index in [9.17, 15) is 14.4 Å². The molecule has 3 heterocycles. The molecule has 3 aliphatic rings. The van der Waals surface area contributed by atoms with E-state index < -0.39 is 11.8 Å². The molecule has 1 fully saturated rings. The number of benzene rings is 2. The molecule has 0 saturated carbocycles. The number of methoxy groups -OCH3 is 1. The number of carbonyl (C=O) groups excluding carboxylic acids is 3. The number of nitrogens with zero attached hydrogens (tertiary/aromatic N) is 3. The number of aryl methyl sites for hydroxylation is 1. The number of aromatic nitrogens is 1. The van der Waals surface area contributed by atoms with Gasteiger partial charge in [0.2, 0.25) is 5.88 Å². The summed E-state index contributed by atoms with van der Waals surface area (Å²) < 4.78 is 5.69. The molecule has 10 nitrogen and oxygen atoms in total. The fourth-order valence-electron chi connectivity index (χ4n) is 7.86. The highest BCUT2D eigenvalue weighted by Gasteiger charge is 2.33. The van der Waals surface area contributed by atoms with Crippen molar-refractivity contribution in [3.8, 4) is 28.3 Å². The van der Waals surface area contributed by atoms with Crippen molar-refractivity contribution in [2.75, 3.05) is 33.1 Å². The number of carbonyl (C=O) groups is 3. The first-order chi connectivity index (χ1) is 28.8. The predicted octanol–water partition coefficient (Wildman–Crippen LogP) is 11.5. The predicted molar refractivity (Wildman–Crippen MR) is 249 cm³/mol. The van der Waals surface area contributed by atoms with Gasteiger partial charge in [-0.1, -0.05) is 124 Å². The van der Waals surface area contributed by atoms with Gasteiger partial charge in [0.1, 0.15) is 11.4 Å². The van der Waals surface area contributed by atoms with Crippen LogP contribution in [0.5, 0.6) is 5.88 Å². The maximum absolute atomic E-state index is 13.3. The van der Waals surface area contributed by atoms with Crippen molar-refractivity contribution in [2.24, 2.45) is 5.92 Å². The molecule has 3 aromatic rings. The third-order valence-corrected chi connectivity index (χ3v) is 12.2. The number of likely N-dealkylation sites (N-methyl/N-ethyl adjacent to an activating group) is 1. The van der Waals surface area contributed by atoms with E-state index in [1.54, 1.807) is 26.1 Å². The molecular weight excluding hydrogens is 772 g/mol. The summed E-state index contributed by atoms with van der Waals surface area (Å²) in [5.41, 5.74) is 7.51. The number of rotatable bonds is 12. The minimum atomic E-state index is -0.473. The molecule has 328 valence electrons. The highest BCUT2D eigenvalue weighted by atomic mass is 35.5. The summed E-state index contributed by atoms with van der Waals surface area (Å²) in [5, 5.41) is 9.51. The summed E-state index contributed by atoms with van der Waals surface area (Å²) >= 11 is 7.13. The van der Waals surface area contributed by atoms with E-state index in [-0.39, 0.29) is 17.1 Å². The fraction of sp³-hybridized carbons (Fsp3) is 0.510. The van der Waals surface area contributed by atoms with Gasteiger partial charge < -0.3 is 25.6 Å². The van der Waals surface area contributed by atoms with Gasteiger partial charge >= 0.3 is 6.03 Å². The maximum Gasteiger partial charge on any atom is 0.315 e. The normalized spacial score (nSPS) is 18.5. The Balaban J connectivity index is 0.000000424. The highest BCUT2D eigenvalue weighted by molar-refractivity contribution is 6.36. The Bertz CT molecular complexity index is 2000. The number of hydrogen-bond acceptors (Lipinski definition) is 6. The Morgan fingerprint density at radius 2 is 1.73 bits per heavy atom. The Kier molecular flexibility index (Phi) is 19.2. The summed E-state index contributed by atoms with van der Waals surface area (Å²) in [7, 11) is 5.02. The van der Waals surface area contributed by atoms with Crippen molar-refractivity contribution in [2.45, 2.75) is 132 Å². The number of urea groups is 1. The lowest BCUT2D eigenvalue weighted by atomic mass is 9.83. The van der Waals surface area contributed by atoms with Gasteiger partial charge in [0.25, 0.3) is 11.8 Å². The van der Waals surface area contributed by atoms with Crippen molar-refractivity contribution < 1.29 is 19.1 Å². The van der Waals surface area contributed by atoms with Gasteiger partial charge in [-0.15, -0.1) is 0 Å². The molecule has 6 rings (SSSR count). The van der Waals surface area contributed by atoms with Gasteiger partial charge in [0.15, 0.2) is 0 Å². The van der Waals surface area contributed by atoms with E-state index >= 15 is 0 Å². The van der Waals surface area contributed by atoms with Gasteiger partial charge in [0, 0.05) is 54.8 Å². The molecule has 2 aromatic carbocycles. The lowest BCUT2D eigenvalue weighted by Crippen LogP contribution is -2.58. The molecule has 0 bridgehead atoms. The SMILES string of the molecule is C=C1N(C)C=C(C(=O)Nc2cccc(-c3cccc(-c4cc5c(c(OC)n4)C(C)CC5)c3Cl)c2CCC)C(=O)N1C.CC.CC.CCC(C)CCC1(CC)CCNC(=O)N1. The van der Waals surface area contributed by atoms with E-state index in [1.165, 1.54) is 35.1 Å². The minimum absolute atomic E-state index is 0.00671. The van der Waals surface area contributed by atoms with E-state index in [1.807, 2.05) is 64.1 Å². The number of ether oxygens (including phenoxy) is 1. The molecule has 60 heavy (non-hydrogen) atoms. The molecule has 4 amide bonds. The average Bonchev–Trinajstić information content (AvgIpc) is 3.65. The zero-order valence-corrected chi connectivity index (χ0v) is 39.2. The second-order valence-electron chi connectivity index (χ2n) is 15.5. The van der Waals surface area contributed by atoms with Gasteiger partial charge in [-0.05, 0) is 85.6 Å². The number of fused-ring (bicyclic) bond motifs is 1. The van der Waals surface area contributed by atoms with Crippen LogP contribution in [0.1, 0.15) is 130 Å². The van der Waals surface area contributed by atoms with Gasteiger partial charge in [-0.25, -0.2) is 9.78 Å². The van der Waals surface area contributed by atoms with Gasteiger partial charge in [-0.2, -0.15) is 0 Å². The molecule has 1 saturated heterocycles. The summed E-state index contributed by atoms with van der Waals surface area (Å²) in [6.07, 6.45) is 10.8. The second-order valence-corrected chi connectivity index (χ2v) is 15.9. The minimum Gasteiger partial charge on any atom is -0.481 e. The van der Waals surface area contributed by atoms with Crippen LogP contribution >= 0.6 is 11.6 Å². The summed E-state index contributed by atoms with van der Waals surface area (Å²) in [4.78, 5) is 45.4. The lowest BCUT2D eigenvalue weighted by molar-refractivity contribution is -0.128. The number of amides is 4. The third-order valence-electron chi connectivity index (χ3n) is 11.8. The molecule has 11 heteroatoms. The standard InChI is InChI=1S/C33H35ClN4O3.C12H24N2O.2C2H6/c1-7-10-23-22(11-9-14-27(23)35-31(39)26-18-37(4)20(3)38(5)33(26)40)24-12-8-13-25(30(24)34)28-17-21-16-15-19(2)29(21)32(36-28)41-6;1-4-10(3)6-7-12(5-2)8-9-13-11(15)14-12;2*1-2/h8-9,11-14,17-19H,3,7,10,15-16H2,1-2,4-6H3,(H,35,39);10H,4-9H2,1-3H3,(H2,13,14,15);2*1-2H3. The molecule has 1 aliphatic carbocycles. The monoisotopic (exact) mass is 843 g/mol. The zero-order chi connectivity index (χ0) is 44.7. The number of halogens is 1. The highest BCUT2D eigenvalue weighted by Crippen LogP contribution is 2.44. The van der Waals surface area contributed by atoms with Gasteiger partial charge in [-0.3, -0.25) is 14.5 Å². The first-order valence-electron chi connectivity index (χ1n) is 22.1. The summed E-state index contributed by atoms with van der Waals surface area (Å²) in [6, 6.07) is 13.8. The molecule has 0 spiro atoms. The molecule has 1 aromatic heterocycles. The molecule has 3 atom stereocenters. The number of hydrogen-bond donors (Lipinski definition) is 3. The Morgan fingerprint density at radius 3 is 2.37 bits per heavy atom. The first kappa shape index (κ1) is 49.5. The van der Waals surface area contributed by atoms with Crippen LogP contribution in [0.15, 0.2) is 66.6 Å². The van der Waals surface area contributed by atoms with E-state index in [0.717, 1.165) is 78.9 Å². The quantitative estimate of drug-likeness (QED) is 0.156. The van der Waals surface area contributed by atoms with Crippen LogP contribution in [0.4, 0.5) is 10.5 Å². The number of pyridine rings is 1. The average molecular weight is 844 g/mol. The van der Waals surface area contributed by atoms with Crippen molar-refractivity contribution >= 4 is 35.1 Å². The molecule has 3 N–H and O–H groups in total. The van der Waals surface area contributed by atoms with Crippen LogP contribution < -0.4 is 20.7 Å². The topological polar surface area (TPSA) is 116 Å². The van der Waals surface area contributed by atoms with Crippen molar-refractivity contribution in [1.82, 2.24) is 25.4 Å². The zero-order valence-electron chi connectivity index (χ0n) is 38.4. The van der Waals surface area contributed by atoms with E-state index in [4.69, 9.17) is 21.3 Å². The molecule has 0 radical (unpaired) electrons. The van der Waals surface area contributed by atoms with Crippen LogP contribution in [0.2, 0.25) is 5.02 Å². The van der Waals surface area contributed by atoms with E-state index in [0.29, 0.717) is 34.7 Å². The lowest BCUT2D eigenvalue weighted by Gasteiger charge is -2.38. The van der Waals surface area contributed by atoms with Crippen LogP contribution in [0.3, 0.4) is 0 Å². The van der Waals surface area contributed by atoms with Crippen molar-refractivity contribution in [1.29, 1.82) is 0 Å². The number of nitrogens with one attached hydrogen (secondary N) is 3. The summed E-state index contributed by atoms with van der Waals surface area (Å²) in [5.74, 6) is 1.46. The molecule has 3 unspecified atom stereocenters. The molecular formula is C49H71ClN6O4. The maximum atomic E-state index is 13.3. The third kappa shape index (κ3) is 11.5. The fourth-order valence-corrected chi connectivity index (χ4v) is 8.19. The smallest absolute Gasteiger partial charge is 0.315 e. The van der Waals surface area contributed by atoms with Crippen LogP contribution in [0.25, 0.3) is 22.4 Å². The van der Waals surface area contributed by atoms with Crippen molar-refractivity contribution in [3.05, 3.63) is 88.4 Å². The second kappa shape index (κ2) is 23.2. The Hall–Kier alpha value is -4.83. The summed E-state index contributed by atoms with van der Waals surface area (Å²) in [6.45, 7) is 23.7. The Labute approximate surface area is 365 Å². The Morgan fingerprint density at radius 1 is 1.07 bits per heavy atom. The largest absolute Gasteiger partial charge is 0.481 e. The number of anilines is 1. The first-order valence-corrected chi connectivity index (χ1v) is 22.4. The molecule has 2 aliphatic heterocycles. The van der Waals surface area contributed by atoms with E-state index in [2.05, 4.69) is 63.2 Å². The van der Waals surface area contributed by atoms with Crippen molar-refractivity contribution in [3.63, 3.8) is 0 Å². The van der Waals surface area contributed by atoms with Gasteiger partial charge in [0.05, 0.1) is 17.8 Å².